The van der Waals surface area contributed by atoms with Crippen molar-refractivity contribution in [2.75, 3.05) is 7.05 Å². The highest BCUT2D eigenvalue weighted by atomic mass is 32.1. The number of H-pyrrole nitrogens is 1. The number of hydrogen-bond donors (Lipinski definition) is 1. The molecule has 5 heteroatoms. The van der Waals surface area contributed by atoms with Crippen molar-refractivity contribution in [2.24, 2.45) is 0 Å². The highest BCUT2D eigenvalue weighted by molar-refractivity contribution is 7.09. The predicted octanol–water partition coefficient (Wildman–Crippen LogP) is 2.68. The molecule has 0 saturated carbocycles. The highest BCUT2D eigenvalue weighted by Gasteiger charge is 2.10. The Morgan fingerprint density at radius 1 is 1.28 bits per heavy atom. The third kappa shape index (κ3) is 3.17. The molecule has 2 aromatic heterocycles. The van der Waals surface area contributed by atoms with Crippen LogP contribution in [0.3, 0.4) is 0 Å². The van der Waals surface area contributed by atoms with Crippen LogP contribution in [0.2, 0.25) is 0 Å². The number of thiazole rings is 1. The lowest BCUT2D eigenvalue weighted by Crippen LogP contribution is -2.18. The molecule has 0 aliphatic carbocycles. The van der Waals surface area contributed by atoms with Gasteiger partial charge in [0.15, 0.2) is 0 Å². The number of nitrogens with zero attached hydrogens (tertiary/aromatic N) is 3. The van der Waals surface area contributed by atoms with E-state index in [4.69, 9.17) is 0 Å². The van der Waals surface area contributed by atoms with Crippen LogP contribution in [0, 0.1) is 13.8 Å². The van der Waals surface area contributed by atoms with Gasteiger partial charge in [0.25, 0.3) is 0 Å². The topological polar surface area (TPSA) is 44.8 Å². The van der Waals surface area contributed by atoms with Crippen molar-refractivity contribution in [1.82, 2.24) is 19.9 Å². The molecule has 0 saturated heterocycles. The van der Waals surface area contributed by atoms with E-state index in [1.165, 1.54) is 10.7 Å². The van der Waals surface area contributed by atoms with E-state index < -0.39 is 0 Å². The highest BCUT2D eigenvalue weighted by Crippen LogP contribution is 2.13. The predicted molar refractivity (Wildman–Crippen MR) is 74.7 cm³/mol. The Morgan fingerprint density at radius 2 is 2.06 bits per heavy atom. The summed E-state index contributed by atoms with van der Waals surface area (Å²) in [6, 6.07) is 0. The normalized spacial score (nSPS) is 11.4. The Labute approximate surface area is 112 Å². The second kappa shape index (κ2) is 5.63. The van der Waals surface area contributed by atoms with Gasteiger partial charge in [-0.15, -0.1) is 11.3 Å². The van der Waals surface area contributed by atoms with Crippen molar-refractivity contribution in [3.05, 3.63) is 33.3 Å². The van der Waals surface area contributed by atoms with E-state index >= 15 is 0 Å². The quantitative estimate of drug-likeness (QED) is 0.903. The Hall–Kier alpha value is -1.20. The maximum Gasteiger partial charge on any atom is 0.107 e. The minimum Gasteiger partial charge on any atom is -0.346 e. The molecule has 2 aromatic rings. The van der Waals surface area contributed by atoms with Crippen LogP contribution in [0.1, 0.15) is 34.8 Å². The fourth-order valence-corrected chi connectivity index (χ4v) is 2.75. The van der Waals surface area contributed by atoms with Gasteiger partial charge in [0.2, 0.25) is 0 Å². The van der Waals surface area contributed by atoms with Crippen molar-refractivity contribution in [1.29, 1.82) is 0 Å². The molecule has 0 amide bonds. The molecule has 4 nitrogen and oxygen atoms in total. The first-order chi connectivity index (χ1) is 8.58. The maximum atomic E-state index is 4.60. The number of nitrogens with one attached hydrogen (secondary N) is 1. The first-order valence-electron chi connectivity index (χ1n) is 6.22. The summed E-state index contributed by atoms with van der Waals surface area (Å²) in [5.41, 5.74) is 3.42. The van der Waals surface area contributed by atoms with E-state index in [1.54, 1.807) is 11.3 Å². The first kappa shape index (κ1) is 13.2. The van der Waals surface area contributed by atoms with E-state index in [0.29, 0.717) is 0 Å². The number of hydrogen-bond acceptors (Lipinski definition) is 4. The molecule has 0 bridgehead atoms. The Bertz CT molecular complexity index is 515. The second-order valence-corrected chi connectivity index (χ2v) is 5.61. The van der Waals surface area contributed by atoms with E-state index in [0.717, 1.165) is 36.7 Å². The van der Waals surface area contributed by atoms with Crippen molar-refractivity contribution >= 4 is 11.3 Å². The molecule has 0 aromatic carbocycles. The maximum absolute atomic E-state index is 4.60. The van der Waals surface area contributed by atoms with Crippen LogP contribution in [0.25, 0.3) is 0 Å². The molecular weight excluding hydrogens is 244 g/mol. The molecule has 0 spiro atoms. The number of imidazole rings is 1. The Balaban J connectivity index is 1.98. The lowest BCUT2D eigenvalue weighted by molar-refractivity contribution is 0.314. The molecule has 98 valence electrons. The molecule has 18 heavy (non-hydrogen) atoms. The van der Waals surface area contributed by atoms with Crippen LogP contribution >= 0.6 is 11.3 Å². The van der Waals surface area contributed by atoms with Crippen LogP contribution < -0.4 is 0 Å². The smallest absolute Gasteiger partial charge is 0.107 e. The molecule has 0 unspecified atom stereocenters. The van der Waals surface area contributed by atoms with Gasteiger partial charge in [0, 0.05) is 29.7 Å². The van der Waals surface area contributed by atoms with Gasteiger partial charge in [0.05, 0.1) is 12.2 Å². The lowest BCUT2D eigenvalue weighted by Gasteiger charge is -2.13. The zero-order chi connectivity index (χ0) is 13.1. The van der Waals surface area contributed by atoms with E-state index in [-0.39, 0.29) is 0 Å². The van der Waals surface area contributed by atoms with Crippen molar-refractivity contribution in [2.45, 2.75) is 40.3 Å². The molecule has 0 fully saturated rings. The summed E-state index contributed by atoms with van der Waals surface area (Å²) in [6.45, 7) is 7.98. The van der Waals surface area contributed by atoms with Crippen molar-refractivity contribution < 1.29 is 0 Å². The molecule has 2 heterocycles. The largest absolute Gasteiger partial charge is 0.346 e. The third-order valence-corrected chi connectivity index (χ3v) is 3.81. The monoisotopic (exact) mass is 264 g/mol. The molecule has 2 rings (SSSR count). The summed E-state index contributed by atoms with van der Waals surface area (Å²) >= 11 is 1.72. The zero-order valence-corrected chi connectivity index (χ0v) is 12.3. The number of rotatable bonds is 5. The van der Waals surface area contributed by atoms with Gasteiger partial charge in [-0.25, -0.2) is 9.97 Å². The van der Waals surface area contributed by atoms with Gasteiger partial charge in [-0.05, 0) is 20.9 Å². The summed E-state index contributed by atoms with van der Waals surface area (Å²) in [7, 11) is 2.11. The van der Waals surface area contributed by atoms with Gasteiger partial charge >= 0.3 is 0 Å². The Kier molecular flexibility index (Phi) is 4.14. The summed E-state index contributed by atoms with van der Waals surface area (Å²) in [5, 5.41) is 3.26. The minimum absolute atomic E-state index is 0.862. The SMILES string of the molecule is CCc1nc(CN(C)Cc2nc(C)cs2)c(C)[nH]1. The van der Waals surface area contributed by atoms with Crippen molar-refractivity contribution in [3.8, 4) is 0 Å². The van der Waals surface area contributed by atoms with Gasteiger partial charge < -0.3 is 4.98 Å². The summed E-state index contributed by atoms with van der Waals surface area (Å²) in [4.78, 5) is 14.7. The van der Waals surface area contributed by atoms with Crippen LogP contribution in [0.15, 0.2) is 5.38 Å². The van der Waals surface area contributed by atoms with Crippen molar-refractivity contribution in [3.63, 3.8) is 0 Å². The Morgan fingerprint density at radius 3 is 2.61 bits per heavy atom. The molecule has 0 aliphatic rings. The fraction of sp³-hybridized carbons (Fsp3) is 0.538. The molecule has 0 radical (unpaired) electrons. The van der Waals surface area contributed by atoms with Gasteiger partial charge in [-0.1, -0.05) is 6.92 Å². The fourth-order valence-electron chi connectivity index (χ4n) is 1.90. The average Bonchev–Trinajstić information content (AvgIpc) is 2.86. The number of aromatic nitrogens is 3. The summed E-state index contributed by atoms with van der Waals surface area (Å²) in [5.74, 6) is 1.07. The lowest BCUT2D eigenvalue weighted by atomic mass is 10.3. The molecule has 0 aliphatic heterocycles. The van der Waals surface area contributed by atoms with Crippen LogP contribution in [-0.4, -0.2) is 26.9 Å². The van der Waals surface area contributed by atoms with Crippen LogP contribution in [-0.2, 0) is 19.5 Å². The zero-order valence-electron chi connectivity index (χ0n) is 11.4. The van der Waals surface area contributed by atoms with E-state index in [2.05, 4.69) is 46.1 Å². The van der Waals surface area contributed by atoms with Crippen LogP contribution in [0.5, 0.6) is 0 Å². The number of aromatic amines is 1. The second-order valence-electron chi connectivity index (χ2n) is 4.66. The van der Waals surface area contributed by atoms with Gasteiger partial charge in [0.1, 0.15) is 10.8 Å². The van der Waals surface area contributed by atoms with Gasteiger partial charge in [-0.3, -0.25) is 4.90 Å². The molecule has 1 N–H and O–H groups in total. The summed E-state index contributed by atoms with van der Waals surface area (Å²) < 4.78 is 0. The minimum atomic E-state index is 0.862. The van der Waals surface area contributed by atoms with Gasteiger partial charge in [-0.2, -0.15) is 0 Å². The summed E-state index contributed by atoms with van der Waals surface area (Å²) in [6.07, 6.45) is 0.955. The number of aryl methyl sites for hydroxylation is 3. The molecule has 0 atom stereocenters. The standard InChI is InChI=1S/C13H20N4S/c1-5-12-15-10(3)11(16-12)6-17(4)7-13-14-9(2)8-18-13/h8H,5-7H2,1-4H3,(H,15,16). The first-order valence-corrected chi connectivity index (χ1v) is 7.10. The van der Waals surface area contributed by atoms with E-state index in [9.17, 15) is 0 Å². The molecular formula is C13H20N4S. The third-order valence-electron chi connectivity index (χ3n) is 2.86. The average molecular weight is 264 g/mol. The van der Waals surface area contributed by atoms with E-state index in [1.807, 2.05) is 6.92 Å². The van der Waals surface area contributed by atoms with Crippen LogP contribution in [0.4, 0.5) is 0 Å².